The minimum atomic E-state index is 0.359. The third-order valence-corrected chi connectivity index (χ3v) is 4.86. The Morgan fingerprint density at radius 2 is 1.95 bits per heavy atom. The van der Waals surface area contributed by atoms with Gasteiger partial charge in [-0.2, -0.15) is 0 Å². The van der Waals surface area contributed by atoms with E-state index in [1.165, 1.54) is 38.9 Å². The van der Waals surface area contributed by atoms with E-state index in [1.807, 2.05) is 0 Å². The smallest absolute Gasteiger partial charge is 0.0594 e. The molecule has 0 aromatic heterocycles. The van der Waals surface area contributed by atoms with Crippen molar-refractivity contribution in [3.63, 3.8) is 0 Å². The van der Waals surface area contributed by atoms with E-state index in [1.54, 1.807) is 0 Å². The number of hydrogen-bond acceptors (Lipinski definition) is 4. The highest BCUT2D eigenvalue weighted by Gasteiger charge is 2.33. The molecule has 0 bridgehead atoms. The summed E-state index contributed by atoms with van der Waals surface area (Å²) in [7, 11) is 0. The molecule has 0 saturated carbocycles. The van der Waals surface area contributed by atoms with Crippen LogP contribution in [0.5, 0.6) is 0 Å². The van der Waals surface area contributed by atoms with E-state index in [2.05, 4.69) is 23.6 Å². The normalized spacial score (nSPS) is 29.5. The summed E-state index contributed by atoms with van der Waals surface area (Å²) >= 11 is 0. The molecule has 1 atom stereocenters. The number of piperidine rings is 1. The van der Waals surface area contributed by atoms with Crippen LogP contribution in [-0.4, -0.2) is 67.8 Å². The third kappa shape index (κ3) is 4.42. The van der Waals surface area contributed by atoms with Gasteiger partial charge in [0.15, 0.2) is 0 Å². The van der Waals surface area contributed by atoms with Crippen molar-refractivity contribution in [2.45, 2.75) is 38.6 Å². The summed E-state index contributed by atoms with van der Waals surface area (Å²) in [6.07, 6.45) is 3.84. The third-order valence-electron chi connectivity index (χ3n) is 4.86. The highest BCUT2D eigenvalue weighted by Crippen LogP contribution is 2.31. The van der Waals surface area contributed by atoms with Gasteiger partial charge in [-0.3, -0.25) is 9.80 Å². The molecule has 2 saturated heterocycles. The van der Waals surface area contributed by atoms with Crippen molar-refractivity contribution < 1.29 is 4.74 Å². The van der Waals surface area contributed by atoms with Crippen molar-refractivity contribution >= 4 is 0 Å². The fraction of sp³-hybridized carbons (Fsp3) is 1.00. The zero-order valence-electron chi connectivity index (χ0n) is 12.7. The lowest BCUT2D eigenvalue weighted by atomic mass is 9.83. The maximum atomic E-state index is 5.72. The van der Waals surface area contributed by atoms with Crippen LogP contribution in [0.1, 0.15) is 33.1 Å². The van der Waals surface area contributed by atoms with Gasteiger partial charge in [0.05, 0.1) is 13.2 Å². The second kappa shape index (κ2) is 7.02. The summed E-state index contributed by atoms with van der Waals surface area (Å²) < 4.78 is 5.41. The summed E-state index contributed by atoms with van der Waals surface area (Å²) in [5.74, 6) is 0.808. The van der Waals surface area contributed by atoms with E-state index in [-0.39, 0.29) is 0 Å². The Kier molecular flexibility index (Phi) is 5.63. The zero-order chi connectivity index (χ0) is 13.7. The van der Waals surface area contributed by atoms with Crippen molar-refractivity contribution in [2.75, 3.05) is 52.5 Å². The average Bonchev–Trinajstić information content (AvgIpc) is 2.41. The van der Waals surface area contributed by atoms with Crippen LogP contribution < -0.4 is 5.73 Å². The largest absolute Gasteiger partial charge is 0.379 e. The van der Waals surface area contributed by atoms with Crippen LogP contribution in [0.4, 0.5) is 0 Å². The molecule has 1 unspecified atom stereocenters. The second-order valence-electron chi connectivity index (χ2n) is 6.69. The molecule has 0 aliphatic carbocycles. The Hall–Kier alpha value is -0.160. The van der Waals surface area contributed by atoms with Crippen LogP contribution >= 0.6 is 0 Å². The monoisotopic (exact) mass is 269 g/mol. The molecule has 2 heterocycles. The van der Waals surface area contributed by atoms with Gasteiger partial charge in [0.1, 0.15) is 0 Å². The number of nitrogens with two attached hydrogens (primary N) is 1. The van der Waals surface area contributed by atoms with Crippen LogP contribution in [-0.2, 0) is 4.74 Å². The molecule has 0 aromatic carbocycles. The number of morpholine rings is 1. The summed E-state index contributed by atoms with van der Waals surface area (Å²) in [6.45, 7) is 13.2. The maximum Gasteiger partial charge on any atom is 0.0594 e. The minimum absolute atomic E-state index is 0.359. The number of nitrogens with zero attached hydrogens (tertiary/aromatic N) is 2. The van der Waals surface area contributed by atoms with E-state index in [9.17, 15) is 0 Å². The number of ether oxygens (including phenoxy) is 1. The highest BCUT2D eigenvalue weighted by atomic mass is 16.5. The van der Waals surface area contributed by atoms with Gasteiger partial charge in [0.2, 0.25) is 0 Å². The van der Waals surface area contributed by atoms with Crippen molar-refractivity contribution in [1.82, 2.24) is 9.80 Å². The van der Waals surface area contributed by atoms with Gasteiger partial charge in [-0.05, 0) is 45.6 Å². The molecule has 4 nitrogen and oxygen atoms in total. The Labute approximate surface area is 118 Å². The Morgan fingerprint density at radius 1 is 1.21 bits per heavy atom. The van der Waals surface area contributed by atoms with Gasteiger partial charge in [-0.25, -0.2) is 0 Å². The number of rotatable bonds is 5. The molecule has 2 N–H and O–H groups in total. The minimum Gasteiger partial charge on any atom is -0.379 e. The first-order chi connectivity index (χ1) is 9.12. The van der Waals surface area contributed by atoms with Crippen molar-refractivity contribution in [2.24, 2.45) is 11.7 Å². The highest BCUT2D eigenvalue weighted by molar-refractivity contribution is 4.89. The molecule has 2 fully saturated rings. The first-order valence-electron chi connectivity index (χ1n) is 7.87. The van der Waals surface area contributed by atoms with Crippen molar-refractivity contribution in [3.8, 4) is 0 Å². The van der Waals surface area contributed by atoms with Crippen LogP contribution in [0.25, 0.3) is 0 Å². The number of hydrogen-bond donors (Lipinski definition) is 1. The number of likely N-dealkylation sites (tertiary alicyclic amines) is 1. The van der Waals surface area contributed by atoms with Gasteiger partial charge in [0, 0.05) is 38.3 Å². The summed E-state index contributed by atoms with van der Waals surface area (Å²) in [4.78, 5) is 5.22. The maximum absolute atomic E-state index is 5.72. The van der Waals surface area contributed by atoms with Gasteiger partial charge in [0.25, 0.3) is 0 Å². The topological polar surface area (TPSA) is 41.7 Å². The fourth-order valence-electron chi connectivity index (χ4n) is 3.32. The van der Waals surface area contributed by atoms with Crippen molar-refractivity contribution in [3.05, 3.63) is 0 Å². The van der Waals surface area contributed by atoms with Crippen LogP contribution in [0.2, 0.25) is 0 Å². The molecule has 2 rings (SSSR count). The van der Waals surface area contributed by atoms with E-state index in [4.69, 9.17) is 10.5 Å². The quantitative estimate of drug-likeness (QED) is 0.813. The standard InChI is InChI=1S/C15H31N3O/c1-15(2)5-3-14(4-6-16)13-18(15)8-7-17-9-11-19-12-10-17/h14H,3-13,16H2,1-2H3. The van der Waals surface area contributed by atoms with E-state index < -0.39 is 0 Å². The zero-order valence-corrected chi connectivity index (χ0v) is 12.7. The molecular weight excluding hydrogens is 238 g/mol. The summed E-state index contributed by atoms with van der Waals surface area (Å²) in [5.41, 5.74) is 6.08. The Morgan fingerprint density at radius 3 is 2.63 bits per heavy atom. The predicted molar refractivity (Wildman–Crippen MR) is 79.3 cm³/mol. The molecule has 112 valence electrons. The molecule has 2 aliphatic heterocycles. The SMILES string of the molecule is CC1(C)CCC(CCN)CN1CCN1CCOCC1. The summed E-state index contributed by atoms with van der Waals surface area (Å²) in [5, 5.41) is 0. The Balaban J connectivity index is 1.80. The van der Waals surface area contributed by atoms with E-state index >= 15 is 0 Å². The van der Waals surface area contributed by atoms with Gasteiger partial charge >= 0.3 is 0 Å². The fourth-order valence-corrected chi connectivity index (χ4v) is 3.32. The van der Waals surface area contributed by atoms with Gasteiger partial charge in [-0.15, -0.1) is 0 Å². The average molecular weight is 269 g/mol. The Bertz CT molecular complexity index is 264. The van der Waals surface area contributed by atoms with E-state index in [0.29, 0.717) is 5.54 Å². The molecular formula is C15H31N3O. The molecule has 0 aromatic rings. The molecule has 0 amide bonds. The molecule has 2 aliphatic rings. The van der Waals surface area contributed by atoms with Gasteiger partial charge in [-0.1, -0.05) is 0 Å². The summed E-state index contributed by atoms with van der Waals surface area (Å²) in [6, 6.07) is 0. The lowest BCUT2D eigenvalue weighted by Crippen LogP contribution is -2.53. The first-order valence-corrected chi connectivity index (χ1v) is 7.87. The lowest BCUT2D eigenvalue weighted by molar-refractivity contribution is 0.00776. The van der Waals surface area contributed by atoms with Crippen LogP contribution in [0.3, 0.4) is 0 Å². The molecule has 19 heavy (non-hydrogen) atoms. The first kappa shape index (κ1) is 15.2. The van der Waals surface area contributed by atoms with Gasteiger partial charge < -0.3 is 10.5 Å². The predicted octanol–water partition coefficient (Wildman–Crippen LogP) is 1.16. The molecule has 4 heteroatoms. The van der Waals surface area contributed by atoms with Crippen LogP contribution in [0.15, 0.2) is 0 Å². The van der Waals surface area contributed by atoms with Crippen molar-refractivity contribution in [1.29, 1.82) is 0 Å². The molecule has 0 spiro atoms. The van der Waals surface area contributed by atoms with E-state index in [0.717, 1.165) is 38.8 Å². The lowest BCUT2D eigenvalue weighted by Gasteiger charge is -2.46. The molecule has 0 radical (unpaired) electrons. The van der Waals surface area contributed by atoms with Crippen LogP contribution in [0, 0.1) is 5.92 Å². The second-order valence-corrected chi connectivity index (χ2v) is 6.69.